The van der Waals surface area contributed by atoms with E-state index >= 15 is 0 Å². The normalized spacial score (nSPS) is 19.4. The molecule has 2 heterocycles. The Balaban J connectivity index is 1.72. The fourth-order valence-electron chi connectivity index (χ4n) is 2.58. The fraction of sp³-hybridized carbons (Fsp3) is 0.176. The van der Waals surface area contributed by atoms with Gasteiger partial charge in [-0.05, 0) is 36.6 Å². The van der Waals surface area contributed by atoms with Crippen LogP contribution >= 0.6 is 11.3 Å². The van der Waals surface area contributed by atoms with Crippen LogP contribution in [-0.2, 0) is 15.1 Å². The average molecular weight is 354 g/mol. The van der Waals surface area contributed by atoms with Crippen molar-refractivity contribution >= 4 is 34.9 Å². The first kappa shape index (κ1) is 16.7. The van der Waals surface area contributed by atoms with Crippen molar-refractivity contribution in [2.24, 2.45) is 0 Å². The van der Waals surface area contributed by atoms with Crippen LogP contribution in [0.5, 0.6) is 0 Å². The molecule has 1 aliphatic heterocycles. The van der Waals surface area contributed by atoms with Gasteiger partial charge in [-0.1, -0.05) is 12.1 Å². The molecule has 1 saturated heterocycles. The van der Waals surface area contributed by atoms with Crippen molar-refractivity contribution in [1.29, 1.82) is 5.26 Å². The summed E-state index contributed by atoms with van der Waals surface area (Å²) in [5.41, 5.74) is -0.332. The number of thiophene rings is 1. The van der Waals surface area contributed by atoms with E-state index < -0.39 is 29.9 Å². The predicted molar refractivity (Wildman–Crippen MR) is 91.7 cm³/mol. The van der Waals surface area contributed by atoms with Gasteiger partial charge in [0, 0.05) is 10.6 Å². The third-order valence-electron chi connectivity index (χ3n) is 3.87. The number of anilines is 1. The third-order valence-corrected chi connectivity index (χ3v) is 4.96. The number of rotatable bonds is 4. The predicted octanol–water partition coefficient (Wildman–Crippen LogP) is 2.03. The van der Waals surface area contributed by atoms with Crippen molar-refractivity contribution in [2.75, 3.05) is 11.9 Å². The molecule has 0 saturated carbocycles. The molecule has 4 amide bonds. The highest BCUT2D eigenvalue weighted by atomic mass is 32.1. The van der Waals surface area contributed by atoms with Crippen LogP contribution in [0.15, 0.2) is 41.8 Å². The highest BCUT2D eigenvalue weighted by Gasteiger charge is 2.50. The van der Waals surface area contributed by atoms with E-state index in [2.05, 4.69) is 10.6 Å². The molecular formula is C17H14N4O3S. The van der Waals surface area contributed by atoms with E-state index in [1.807, 2.05) is 11.4 Å². The maximum Gasteiger partial charge on any atom is 0.325 e. The summed E-state index contributed by atoms with van der Waals surface area (Å²) in [6.07, 6.45) is 0. The number of carbonyl (C=O) groups excluding carboxylic acids is 3. The zero-order valence-electron chi connectivity index (χ0n) is 13.3. The molecule has 0 aliphatic carbocycles. The molecule has 25 heavy (non-hydrogen) atoms. The number of urea groups is 1. The van der Waals surface area contributed by atoms with Gasteiger partial charge in [0.15, 0.2) is 5.54 Å². The summed E-state index contributed by atoms with van der Waals surface area (Å²) >= 11 is 1.36. The average Bonchev–Trinajstić information content (AvgIpc) is 3.20. The Labute approximate surface area is 147 Å². The lowest BCUT2D eigenvalue weighted by Crippen LogP contribution is -2.41. The van der Waals surface area contributed by atoms with E-state index in [1.54, 1.807) is 37.3 Å². The second-order valence-corrected chi connectivity index (χ2v) is 6.61. The topological polar surface area (TPSA) is 102 Å². The molecule has 0 bridgehead atoms. The fourth-order valence-corrected chi connectivity index (χ4v) is 3.42. The number of hydrogen-bond donors (Lipinski definition) is 2. The summed E-state index contributed by atoms with van der Waals surface area (Å²) in [5.74, 6) is -0.991. The Morgan fingerprint density at radius 2 is 2.16 bits per heavy atom. The second kappa shape index (κ2) is 6.37. The summed E-state index contributed by atoms with van der Waals surface area (Å²) in [6.45, 7) is 1.22. The van der Waals surface area contributed by atoms with Gasteiger partial charge in [-0.2, -0.15) is 5.26 Å². The SMILES string of the molecule is CC1(c2cccs2)NC(=O)N(CC(=O)Nc2cccc(C#N)c2)C1=O. The smallest absolute Gasteiger partial charge is 0.324 e. The zero-order valence-corrected chi connectivity index (χ0v) is 14.1. The van der Waals surface area contributed by atoms with Crippen LogP contribution in [0, 0.1) is 11.3 Å². The molecule has 126 valence electrons. The summed E-state index contributed by atoms with van der Waals surface area (Å²) in [4.78, 5) is 38.6. The maximum absolute atomic E-state index is 12.7. The van der Waals surface area contributed by atoms with Crippen molar-refractivity contribution in [2.45, 2.75) is 12.5 Å². The minimum atomic E-state index is -1.16. The Morgan fingerprint density at radius 3 is 2.84 bits per heavy atom. The maximum atomic E-state index is 12.7. The van der Waals surface area contributed by atoms with Gasteiger partial charge in [0.2, 0.25) is 5.91 Å². The molecule has 1 aromatic carbocycles. The monoisotopic (exact) mass is 354 g/mol. The Hall–Kier alpha value is -3.18. The number of imide groups is 1. The lowest BCUT2D eigenvalue weighted by molar-refractivity contribution is -0.133. The summed E-state index contributed by atoms with van der Waals surface area (Å²) in [7, 11) is 0. The van der Waals surface area contributed by atoms with Gasteiger partial charge < -0.3 is 10.6 Å². The molecule has 1 unspecified atom stereocenters. The van der Waals surface area contributed by atoms with Crippen molar-refractivity contribution in [3.63, 3.8) is 0 Å². The molecule has 3 rings (SSSR count). The van der Waals surface area contributed by atoms with E-state index in [0.717, 1.165) is 4.90 Å². The van der Waals surface area contributed by atoms with Crippen molar-refractivity contribution in [3.8, 4) is 6.07 Å². The van der Waals surface area contributed by atoms with Crippen LogP contribution < -0.4 is 10.6 Å². The molecule has 1 fully saturated rings. The molecule has 8 heteroatoms. The molecule has 7 nitrogen and oxygen atoms in total. The van der Waals surface area contributed by atoms with Gasteiger partial charge in [0.25, 0.3) is 5.91 Å². The van der Waals surface area contributed by atoms with Crippen molar-refractivity contribution in [3.05, 3.63) is 52.2 Å². The van der Waals surface area contributed by atoms with Crippen LogP contribution in [0.3, 0.4) is 0 Å². The van der Waals surface area contributed by atoms with E-state index in [-0.39, 0.29) is 0 Å². The van der Waals surface area contributed by atoms with Crippen molar-refractivity contribution in [1.82, 2.24) is 10.2 Å². The molecule has 1 aliphatic rings. The summed E-state index contributed by atoms with van der Waals surface area (Å²) in [6, 6.07) is 11.3. The highest BCUT2D eigenvalue weighted by Crippen LogP contribution is 2.31. The molecule has 0 radical (unpaired) electrons. The van der Waals surface area contributed by atoms with Gasteiger partial charge in [-0.3, -0.25) is 14.5 Å². The van der Waals surface area contributed by atoms with Crippen LogP contribution in [-0.4, -0.2) is 29.3 Å². The number of hydrogen-bond acceptors (Lipinski definition) is 5. The summed E-state index contributed by atoms with van der Waals surface area (Å²) in [5, 5.41) is 15.9. The van der Waals surface area contributed by atoms with E-state index in [0.29, 0.717) is 16.1 Å². The quantitative estimate of drug-likeness (QED) is 0.820. The van der Waals surface area contributed by atoms with Crippen molar-refractivity contribution < 1.29 is 14.4 Å². The Morgan fingerprint density at radius 1 is 1.36 bits per heavy atom. The van der Waals surface area contributed by atoms with E-state index in [1.165, 1.54) is 17.4 Å². The molecule has 2 aromatic rings. The van der Waals surface area contributed by atoms with Crippen LogP contribution in [0.4, 0.5) is 10.5 Å². The first-order chi connectivity index (χ1) is 11.9. The Bertz CT molecular complexity index is 888. The number of amides is 4. The highest BCUT2D eigenvalue weighted by molar-refractivity contribution is 7.10. The van der Waals surface area contributed by atoms with E-state index in [4.69, 9.17) is 5.26 Å². The minimum Gasteiger partial charge on any atom is -0.324 e. The van der Waals surface area contributed by atoms with Crippen LogP contribution in [0.2, 0.25) is 0 Å². The van der Waals surface area contributed by atoms with Gasteiger partial charge in [0.05, 0.1) is 11.6 Å². The number of nitriles is 1. The minimum absolute atomic E-state index is 0.400. The molecule has 2 N–H and O–H groups in total. The number of benzene rings is 1. The van der Waals surface area contributed by atoms with E-state index in [9.17, 15) is 14.4 Å². The molecule has 0 spiro atoms. The summed E-state index contributed by atoms with van der Waals surface area (Å²) < 4.78 is 0. The molecular weight excluding hydrogens is 340 g/mol. The third kappa shape index (κ3) is 3.09. The first-order valence-electron chi connectivity index (χ1n) is 7.42. The van der Waals surface area contributed by atoms with Crippen LogP contribution in [0.25, 0.3) is 0 Å². The number of nitrogens with one attached hydrogen (secondary N) is 2. The number of nitrogens with zero attached hydrogens (tertiary/aromatic N) is 2. The largest absolute Gasteiger partial charge is 0.325 e. The first-order valence-corrected chi connectivity index (χ1v) is 8.30. The molecule has 1 aromatic heterocycles. The standard InChI is InChI=1S/C17H14N4O3S/c1-17(13-6-3-7-25-13)15(23)21(16(24)20-17)10-14(22)19-12-5-2-4-11(8-12)9-18/h2-8H,10H2,1H3,(H,19,22)(H,20,24). The second-order valence-electron chi connectivity index (χ2n) is 5.66. The van der Waals surface area contributed by atoms with Gasteiger partial charge in [0.1, 0.15) is 6.54 Å². The Kier molecular flexibility index (Phi) is 4.25. The number of carbonyl (C=O) groups is 3. The van der Waals surface area contributed by atoms with Gasteiger partial charge in [-0.25, -0.2) is 4.79 Å². The zero-order chi connectivity index (χ0) is 18.0. The lowest BCUT2D eigenvalue weighted by atomic mass is 10.0. The van der Waals surface area contributed by atoms with Gasteiger partial charge >= 0.3 is 6.03 Å². The molecule has 1 atom stereocenters. The van der Waals surface area contributed by atoms with Crippen LogP contribution in [0.1, 0.15) is 17.4 Å². The van der Waals surface area contributed by atoms with Gasteiger partial charge in [-0.15, -0.1) is 11.3 Å². The lowest BCUT2D eigenvalue weighted by Gasteiger charge is -2.19.